The zero-order valence-corrected chi connectivity index (χ0v) is 6.48. The average Bonchev–Trinajstić information content (AvgIpc) is 2.40. The molecular formula is C8H7NS. The minimum absolute atomic E-state index is 0.752. The summed E-state index contributed by atoms with van der Waals surface area (Å²) in [5.74, 6) is 0. The van der Waals surface area contributed by atoms with Crippen molar-refractivity contribution in [2.45, 2.75) is 6.92 Å². The fourth-order valence-electron chi connectivity index (χ4n) is 0.619. The first-order chi connectivity index (χ1) is 4.83. The van der Waals surface area contributed by atoms with Crippen LogP contribution in [0.25, 0.3) is 6.08 Å². The van der Waals surface area contributed by atoms with Gasteiger partial charge in [0.15, 0.2) is 0 Å². The van der Waals surface area contributed by atoms with E-state index in [1.165, 1.54) is 0 Å². The molecule has 1 nitrogen and oxygen atoms in total. The first-order valence-electron chi connectivity index (χ1n) is 2.95. The highest BCUT2D eigenvalue weighted by Crippen LogP contribution is 2.12. The monoisotopic (exact) mass is 149 g/mol. The molecule has 0 unspecified atom stereocenters. The molecular weight excluding hydrogens is 142 g/mol. The smallest absolute Gasteiger partial charge is 0.0944 e. The Bertz CT molecular complexity index is 264. The van der Waals surface area contributed by atoms with Crippen molar-refractivity contribution in [3.05, 3.63) is 28.0 Å². The third-order valence-corrected chi connectivity index (χ3v) is 1.90. The quantitative estimate of drug-likeness (QED) is 0.563. The molecule has 50 valence electrons. The summed E-state index contributed by atoms with van der Waals surface area (Å²) in [6.45, 7) is 1.81. The van der Waals surface area contributed by atoms with E-state index in [1.807, 2.05) is 23.6 Å². The molecule has 0 N–H and O–H groups in total. The molecule has 2 heteroatoms. The molecule has 1 heterocycles. The Morgan fingerprint density at radius 3 is 3.10 bits per heavy atom. The maximum absolute atomic E-state index is 8.42. The normalized spacial score (nSPS) is 11.0. The van der Waals surface area contributed by atoms with Crippen molar-refractivity contribution < 1.29 is 0 Å². The third-order valence-electron chi connectivity index (χ3n) is 1.08. The molecule has 0 fully saturated rings. The van der Waals surface area contributed by atoms with E-state index < -0.39 is 0 Å². The second-order valence-corrected chi connectivity index (χ2v) is 2.93. The Hall–Kier alpha value is -1.07. The highest BCUT2D eigenvalue weighted by atomic mass is 32.1. The summed E-state index contributed by atoms with van der Waals surface area (Å²) < 4.78 is 0. The van der Waals surface area contributed by atoms with Gasteiger partial charge >= 0.3 is 0 Å². The molecule has 10 heavy (non-hydrogen) atoms. The lowest BCUT2D eigenvalue weighted by atomic mass is 10.3. The van der Waals surface area contributed by atoms with Crippen molar-refractivity contribution in [3.63, 3.8) is 0 Å². The van der Waals surface area contributed by atoms with Crippen LogP contribution in [0.2, 0.25) is 0 Å². The molecule has 1 rings (SSSR count). The Morgan fingerprint density at radius 2 is 2.60 bits per heavy atom. The van der Waals surface area contributed by atoms with Gasteiger partial charge in [0.1, 0.15) is 0 Å². The van der Waals surface area contributed by atoms with Gasteiger partial charge in [-0.1, -0.05) is 6.07 Å². The first-order valence-corrected chi connectivity index (χ1v) is 3.83. The molecule has 1 aromatic heterocycles. The van der Waals surface area contributed by atoms with Gasteiger partial charge in [0, 0.05) is 10.5 Å². The Kier molecular flexibility index (Phi) is 2.24. The molecule has 0 amide bonds. The molecule has 0 aliphatic carbocycles. The topological polar surface area (TPSA) is 23.8 Å². The van der Waals surface area contributed by atoms with Crippen LogP contribution in [0.15, 0.2) is 23.1 Å². The summed E-state index contributed by atoms with van der Waals surface area (Å²) >= 11 is 1.64. The van der Waals surface area contributed by atoms with Crippen molar-refractivity contribution in [2.75, 3.05) is 0 Å². The van der Waals surface area contributed by atoms with E-state index in [-0.39, 0.29) is 0 Å². The van der Waals surface area contributed by atoms with Gasteiger partial charge in [-0.3, -0.25) is 0 Å². The number of hydrogen-bond donors (Lipinski definition) is 0. The highest BCUT2D eigenvalue weighted by Gasteiger charge is 1.87. The predicted molar refractivity (Wildman–Crippen MR) is 43.6 cm³/mol. The Balaban J connectivity index is 2.83. The minimum atomic E-state index is 0.752. The second-order valence-electron chi connectivity index (χ2n) is 1.95. The van der Waals surface area contributed by atoms with Crippen LogP contribution in [0.3, 0.4) is 0 Å². The third kappa shape index (κ3) is 1.71. The SMILES string of the molecule is C/C(C#N)=C\c1cccs1. The molecule has 1 aromatic rings. The molecule has 0 aliphatic heterocycles. The van der Waals surface area contributed by atoms with E-state index >= 15 is 0 Å². The van der Waals surface area contributed by atoms with Gasteiger partial charge in [0.05, 0.1) is 6.07 Å². The summed E-state index contributed by atoms with van der Waals surface area (Å²) in [7, 11) is 0. The largest absolute Gasteiger partial charge is 0.193 e. The van der Waals surface area contributed by atoms with Gasteiger partial charge in [0.25, 0.3) is 0 Å². The number of allylic oxidation sites excluding steroid dienone is 1. The molecule has 0 saturated heterocycles. The maximum Gasteiger partial charge on any atom is 0.0944 e. The number of rotatable bonds is 1. The van der Waals surface area contributed by atoms with Gasteiger partial charge in [-0.25, -0.2) is 0 Å². The van der Waals surface area contributed by atoms with Crippen LogP contribution >= 0.6 is 11.3 Å². The van der Waals surface area contributed by atoms with Gasteiger partial charge in [-0.2, -0.15) is 5.26 Å². The zero-order chi connectivity index (χ0) is 7.40. The molecule has 0 aliphatic rings. The summed E-state index contributed by atoms with van der Waals surface area (Å²) in [5, 5.41) is 10.4. The fourth-order valence-corrected chi connectivity index (χ4v) is 1.34. The van der Waals surface area contributed by atoms with E-state index in [1.54, 1.807) is 18.3 Å². The van der Waals surface area contributed by atoms with Crippen molar-refractivity contribution in [1.29, 1.82) is 5.26 Å². The van der Waals surface area contributed by atoms with Gasteiger partial charge < -0.3 is 0 Å². The number of thiophene rings is 1. The average molecular weight is 149 g/mol. The van der Waals surface area contributed by atoms with Crippen molar-refractivity contribution in [2.24, 2.45) is 0 Å². The van der Waals surface area contributed by atoms with Crippen LogP contribution in [-0.4, -0.2) is 0 Å². The molecule has 0 aromatic carbocycles. The van der Waals surface area contributed by atoms with E-state index in [2.05, 4.69) is 6.07 Å². The summed E-state index contributed by atoms with van der Waals surface area (Å²) in [6.07, 6.45) is 1.88. The Labute approximate surface area is 64.2 Å². The van der Waals surface area contributed by atoms with Gasteiger partial charge in [0.2, 0.25) is 0 Å². The van der Waals surface area contributed by atoms with Crippen LogP contribution < -0.4 is 0 Å². The lowest BCUT2D eigenvalue weighted by Gasteiger charge is -1.82. The van der Waals surface area contributed by atoms with Crippen LogP contribution in [0.1, 0.15) is 11.8 Å². The van der Waals surface area contributed by atoms with Crippen LogP contribution in [0.4, 0.5) is 0 Å². The zero-order valence-electron chi connectivity index (χ0n) is 5.66. The number of nitrogens with zero attached hydrogens (tertiary/aromatic N) is 1. The Morgan fingerprint density at radius 1 is 1.80 bits per heavy atom. The standard InChI is InChI=1S/C8H7NS/c1-7(6-9)5-8-3-2-4-10-8/h2-5H,1H3/b7-5+. The number of hydrogen-bond acceptors (Lipinski definition) is 2. The minimum Gasteiger partial charge on any atom is -0.193 e. The van der Waals surface area contributed by atoms with E-state index in [0.29, 0.717) is 0 Å². The van der Waals surface area contributed by atoms with Gasteiger partial charge in [-0.15, -0.1) is 11.3 Å². The molecule has 0 spiro atoms. The fraction of sp³-hybridized carbons (Fsp3) is 0.125. The first kappa shape index (κ1) is 7.04. The van der Waals surface area contributed by atoms with Crippen LogP contribution in [0, 0.1) is 11.3 Å². The van der Waals surface area contributed by atoms with Crippen molar-refractivity contribution in [3.8, 4) is 6.07 Å². The van der Waals surface area contributed by atoms with E-state index in [0.717, 1.165) is 10.5 Å². The van der Waals surface area contributed by atoms with Crippen molar-refractivity contribution in [1.82, 2.24) is 0 Å². The van der Waals surface area contributed by atoms with Crippen LogP contribution in [-0.2, 0) is 0 Å². The van der Waals surface area contributed by atoms with Crippen LogP contribution in [0.5, 0.6) is 0 Å². The molecule has 0 radical (unpaired) electrons. The molecule has 0 saturated carbocycles. The highest BCUT2D eigenvalue weighted by molar-refractivity contribution is 7.10. The predicted octanol–water partition coefficient (Wildman–Crippen LogP) is 2.67. The summed E-state index contributed by atoms with van der Waals surface area (Å²) in [4.78, 5) is 1.14. The second kappa shape index (κ2) is 3.19. The summed E-state index contributed by atoms with van der Waals surface area (Å²) in [5.41, 5.74) is 0.752. The van der Waals surface area contributed by atoms with Gasteiger partial charge in [-0.05, 0) is 24.4 Å². The summed E-state index contributed by atoms with van der Waals surface area (Å²) in [6, 6.07) is 6.04. The maximum atomic E-state index is 8.42. The number of nitriles is 1. The van der Waals surface area contributed by atoms with E-state index in [9.17, 15) is 0 Å². The molecule has 0 atom stereocenters. The van der Waals surface area contributed by atoms with Crippen molar-refractivity contribution >= 4 is 17.4 Å². The molecule has 0 bridgehead atoms. The lowest BCUT2D eigenvalue weighted by molar-refractivity contribution is 1.46. The van der Waals surface area contributed by atoms with E-state index in [4.69, 9.17) is 5.26 Å². The lowest BCUT2D eigenvalue weighted by Crippen LogP contribution is -1.64.